The highest BCUT2D eigenvalue weighted by Gasteiger charge is 2.45. The number of rotatable bonds is 9. The monoisotopic (exact) mass is 410 g/mol. The van der Waals surface area contributed by atoms with Crippen molar-refractivity contribution in [2.24, 2.45) is 5.92 Å². The predicted molar refractivity (Wildman–Crippen MR) is 117 cm³/mol. The van der Waals surface area contributed by atoms with Crippen molar-refractivity contribution in [3.05, 3.63) is 71.3 Å². The lowest BCUT2D eigenvalue weighted by atomic mass is 9.67. The number of nitriles is 1. The van der Waals surface area contributed by atoms with Crippen LogP contribution in [0.5, 0.6) is 0 Å². The van der Waals surface area contributed by atoms with E-state index < -0.39 is 17.0 Å². The molecule has 2 nitrogen and oxygen atoms in total. The van der Waals surface area contributed by atoms with Gasteiger partial charge in [-0.2, -0.15) is 5.26 Å². The summed E-state index contributed by atoms with van der Waals surface area (Å²) in [4.78, 5) is 2.28. The maximum atomic E-state index is 14.8. The van der Waals surface area contributed by atoms with Gasteiger partial charge in [-0.1, -0.05) is 49.2 Å². The van der Waals surface area contributed by atoms with Crippen LogP contribution in [0.4, 0.5) is 8.78 Å². The molecule has 2 atom stereocenters. The minimum absolute atomic E-state index is 0.00993. The molecule has 1 aliphatic rings. The van der Waals surface area contributed by atoms with Crippen molar-refractivity contribution in [2.45, 2.75) is 63.3 Å². The Morgan fingerprint density at radius 1 is 1.07 bits per heavy atom. The molecular weight excluding hydrogens is 378 g/mol. The molecule has 1 saturated carbocycles. The van der Waals surface area contributed by atoms with Crippen molar-refractivity contribution in [1.82, 2.24) is 4.90 Å². The average molecular weight is 411 g/mol. The van der Waals surface area contributed by atoms with Crippen LogP contribution < -0.4 is 0 Å². The Kier molecular flexibility index (Phi) is 7.61. The van der Waals surface area contributed by atoms with Crippen molar-refractivity contribution in [2.75, 3.05) is 13.6 Å². The highest BCUT2D eigenvalue weighted by Crippen LogP contribution is 2.47. The van der Waals surface area contributed by atoms with Crippen LogP contribution in [0.1, 0.15) is 56.6 Å². The number of hydrogen-bond donors (Lipinski definition) is 0. The molecule has 2 aromatic rings. The third kappa shape index (κ3) is 4.90. The zero-order valence-electron chi connectivity index (χ0n) is 18.1. The van der Waals surface area contributed by atoms with Crippen LogP contribution in [-0.2, 0) is 11.8 Å². The lowest BCUT2D eigenvalue weighted by Crippen LogP contribution is -2.38. The van der Waals surface area contributed by atoms with E-state index in [1.54, 1.807) is 0 Å². The van der Waals surface area contributed by atoms with Crippen molar-refractivity contribution in [1.29, 1.82) is 5.26 Å². The molecule has 2 aromatic carbocycles. The maximum Gasteiger partial charge on any atom is 0.130 e. The zero-order valence-corrected chi connectivity index (χ0v) is 18.1. The molecule has 1 aliphatic carbocycles. The normalized spacial score (nSPS) is 17.6. The summed E-state index contributed by atoms with van der Waals surface area (Å²) >= 11 is 0. The fourth-order valence-corrected chi connectivity index (χ4v) is 4.91. The molecule has 0 heterocycles. The summed E-state index contributed by atoms with van der Waals surface area (Å²) in [7, 11) is 2.08. The van der Waals surface area contributed by atoms with Crippen LogP contribution in [0, 0.1) is 28.9 Å². The van der Waals surface area contributed by atoms with Gasteiger partial charge in [0.25, 0.3) is 0 Å². The summed E-state index contributed by atoms with van der Waals surface area (Å²) in [6.45, 7) is 3.04. The van der Waals surface area contributed by atoms with E-state index in [-0.39, 0.29) is 17.5 Å². The van der Waals surface area contributed by atoms with Gasteiger partial charge in [0.15, 0.2) is 0 Å². The van der Waals surface area contributed by atoms with Crippen molar-refractivity contribution < 1.29 is 8.78 Å². The molecule has 2 unspecified atom stereocenters. The van der Waals surface area contributed by atoms with Gasteiger partial charge in [0.1, 0.15) is 11.6 Å². The highest BCUT2D eigenvalue weighted by atomic mass is 19.1. The van der Waals surface area contributed by atoms with E-state index in [4.69, 9.17) is 0 Å². The molecule has 0 spiro atoms. The first-order chi connectivity index (χ1) is 14.5. The average Bonchev–Trinajstić information content (AvgIpc) is 3.30. The summed E-state index contributed by atoms with van der Waals surface area (Å²) < 4.78 is 29.6. The summed E-state index contributed by atoms with van der Waals surface area (Å²) in [5.74, 6) is -1.17. The molecule has 160 valence electrons. The van der Waals surface area contributed by atoms with E-state index in [1.807, 2.05) is 18.2 Å². The Labute approximate surface area is 179 Å². The maximum absolute atomic E-state index is 14.8. The predicted octanol–water partition coefficient (Wildman–Crippen LogP) is 6.26. The van der Waals surface area contributed by atoms with Gasteiger partial charge < -0.3 is 4.90 Å². The van der Waals surface area contributed by atoms with Crippen LogP contribution in [0.15, 0.2) is 48.5 Å². The van der Waals surface area contributed by atoms with Crippen molar-refractivity contribution in [3.8, 4) is 6.07 Å². The van der Waals surface area contributed by atoms with Crippen LogP contribution in [0.3, 0.4) is 0 Å². The van der Waals surface area contributed by atoms with Crippen LogP contribution in [0.25, 0.3) is 0 Å². The molecule has 0 amide bonds. The Bertz CT molecular complexity index is 835. The second kappa shape index (κ2) is 10.2. The number of nitrogens with zero attached hydrogens (tertiary/aromatic N) is 2. The molecule has 0 bridgehead atoms. The molecule has 3 rings (SSSR count). The minimum Gasteiger partial charge on any atom is -0.303 e. The largest absolute Gasteiger partial charge is 0.303 e. The highest BCUT2D eigenvalue weighted by molar-refractivity contribution is 5.36. The van der Waals surface area contributed by atoms with Gasteiger partial charge in [0.2, 0.25) is 0 Å². The van der Waals surface area contributed by atoms with E-state index in [0.29, 0.717) is 6.42 Å². The van der Waals surface area contributed by atoms with E-state index in [1.165, 1.54) is 23.8 Å². The fourth-order valence-electron chi connectivity index (χ4n) is 4.91. The van der Waals surface area contributed by atoms with Crippen LogP contribution in [0.2, 0.25) is 0 Å². The number of hydrogen-bond acceptors (Lipinski definition) is 2. The molecule has 0 aromatic heterocycles. The first-order valence-corrected chi connectivity index (χ1v) is 11.1. The number of likely N-dealkylation sites (N-methyl/N-ethyl adjacent to an activating group) is 1. The van der Waals surface area contributed by atoms with E-state index >= 15 is 0 Å². The second-order valence-electron chi connectivity index (χ2n) is 8.77. The third-order valence-electron chi connectivity index (χ3n) is 6.97. The first kappa shape index (κ1) is 22.4. The van der Waals surface area contributed by atoms with Gasteiger partial charge in [-0.3, -0.25) is 0 Å². The summed E-state index contributed by atoms with van der Waals surface area (Å²) in [6.07, 6.45) is 5.92. The van der Waals surface area contributed by atoms with Gasteiger partial charge >= 0.3 is 0 Å². The zero-order chi connectivity index (χ0) is 21.6. The molecule has 0 aliphatic heterocycles. The molecule has 0 radical (unpaired) electrons. The molecular formula is C26H32F2N2. The molecule has 30 heavy (non-hydrogen) atoms. The lowest BCUT2D eigenvalue weighted by Gasteiger charge is -2.36. The van der Waals surface area contributed by atoms with Crippen molar-refractivity contribution in [3.63, 3.8) is 0 Å². The van der Waals surface area contributed by atoms with Gasteiger partial charge in [-0.15, -0.1) is 0 Å². The third-order valence-corrected chi connectivity index (χ3v) is 6.97. The molecule has 4 heteroatoms. The Morgan fingerprint density at radius 3 is 2.30 bits per heavy atom. The van der Waals surface area contributed by atoms with Gasteiger partial charge in [0, 0.05) is 18.2 Å². The smallest absolute Gasteiger partial charge is 0.130 e. The molecule has 0 N–H and O–H groups in total. The van der Waals surface area contributed by atoms with E-state index in [2.05, 4.69) is 37.1 Å². The SMILES string of the molecule is CC(CCC(C#N)(c1c(F)cccc1F)C1CCCC1)N(C)CCc1ccccc1. The lowest BCUT2D eigenvalue weighted by molar-refractivity contribution is 0.215. The topological polar surface area (TPSA) is 27.0 Å². The Hall–Kier alpha value is -2.25. The van der Waals surface area contributed by atoms with E-state index in [0.717, 1.165) is 45.1 Å². The number of benzene rings is 2. The summed E-state index contributed by atoms with van der Waals surface area (Å²) in [6, 6.07) is 16.9. The first-order valence-electron chi connectivity index (χ1n) is 11.1. The minimum atomic E-state index is -1.10. The number of halogens is 2. The summed E-state index contributed by atoms with van der Waals surface area (Å²) in [5.41, 5.74) is 0.182. The van der Waals surface area contributed by atoms with Gasteiger partial charge in [0.05, 0.1) is 11.5 Å². The summed E-state index contributed by atoms with van der Waals surface area (Å²) in [5, 5.41) is 10.2. The molecule has 0 saturated heterocycles. The second-order valence-corrected chi connectivity index (χ2v) is 8.77. The quantitative estimate of drug-likeness (QED) is 0.488. The van der Waals surface area contributed by atoms with Gasteiger partial charge in [-0.05, 0) is 69.7 Å². The standard InChI is InChI=1S/C26H32F2N2/c1-20(30(2)18-16-21-9-4-3-5-10-21)15-17-26(19-29,22-11-6-7-12-22)25-23(27)13-8-14-24(25)28/h3-5,8-10,13-14,20,22H,6-7,11-12,15-18H2,1-2H3. The Balaban J connectivity index is 1.74. The Morgan fingerprint density at radius 2 is 1.70 bits per heavy atom. The van der Waals surface area contributed by atoms with E-state index in [9.17, 15) is 14.0 Å². The van der Waals surface area contributed by atoms with Crippen LogP contribution >= 0.6 is 0 Å². The molecule has 1 fully saturated rings. The fraction of sp³-hybridized carbons (Fsp3) is 0.500. The van der Waals surface area contributed by atoms with Crippen LogP contribution in [-0.4, -0.2) is 24.5 Å². The van der Waals surface area contributed by atoms with Crippen molar-refractivity contribution >= 4 is 0 Å². The van der Waals surface area contributed by atoms with Gasteiger partial charge in [-0.25, -0.2) is 8.78 Å².